The van der Waals surface area contributed by atoms with Crippen molar-refractivity contribution in [3.63, 3.8) is 0 Å². The summed E-state index contributed by atoms with van der Waals surface area (Å²) in [5.74, 6) is -1.20. The van der Waals surface area contributed by atoms with Crippen LogP contribution in [0.4, 0.5) is 0 Å². The monoisotopic (exact) mass is 347 g/mol. The average Bonchev–Trinajstić information content (AvgIpc) is 2.63. The van der Waals surface area contributed by atoms with E-state index in [1.54, 1.807) is 25.3 Å². The van der Waals surface area contributed by atoms with Crippen LogP contribution in [0.3, 0.4) is 0 Å². The quantitative estimate of drug-likeness (QED) is 0.792. The molecule has 8 nitrogen and oxygen atoms in total. The molecule has 1 aliphatic rings. The highest BCUT2D eigenvalue weighted by Gasteiger charge is 2.24. The molecule has 0 unspecified atom stereocenters. The molecular formula is C17H21N3O5. The molecule has 3 heterocycles. The van der Waals surface area contributed by atoms with Crippen molar-refractivity contribution in [1.82, 2.24) is 14.5 Å². The van der Waals surface area contributed by atoms with Gasteiger partial charge in [0.1, 0.15) is 11.4 Å². The molecule has 0 bridgehead atoms. The van der Waals surface area contributed by atoms with Gasteiger partial charge in [0.05, 0.1) is 25.2 Å². The molecule has 2 aromatic heterocycles. The van der Waals surface area contributed by atoms with E-state index in [2.05, 4.69) is 9.88 Å². The average molecular weight is 347 g/mol. The summed E-state index contributed by atoms with van der Waals surface area (Å²) < 4.78 is 11.7. The van der Waals surface area contributed by atoms with E-state index in [9.17, 15) is 14.7 Å². The molecule has 1 saturated heterocycles. The van der Waals surface area contributed by atoms with Crippen LogP contribution in [0.15, 0.2) is 23.1 Å². The minimum absolute atomic E-state index is 0.122. The number of carbonyl (C=O) groups excluding carboxylic acids is 1. The van der Waals surface area contributed by atoms with E-state index in [4.69, 9.17) is 9.47 Å². The lowest BCUT2D eigenvalue weighted by molar-refractivity contribution is 0.0364. The van der Waals surface area contributed by atoms with Crippen LogP contribution in [0.2, 0.25) is 0 Å². The molecule has 0 spiro atoms. The lowest BCUT2D eigenvalue weighted by Gasteiger charge is -2.27. The summed E-state index contributed by atoms with van der Waals surface area (Å²) in [5.41, 5.74) is -0.578. The summed E-state index contributed by atoms with van der Waals surface area (Å²) in [6.07, 6.45) is 1.55. The van der Waals surface area contributed by atoms with Crippen molar-refractivity contribution in [2.75, 3.05) is 39.5 Å². The predicted octanol–water partition coefficient (Wildman–Crippen LogP) is 0.611. The molecule has 2 aromatic rings. The van der Waals surface area contributed by atoms with E-state index >= 15 is 0 Å². The summed E-state index contributed by atoms with van der Waals surface area (Å²) in [7, 11) is 0. The Morgan fingerprint density at radius 1 is 1.36 bits per heavy atom. The van der Waals surface area contributed by atoms with Crippen molar-refractivity contribution in [2.45, 2.75) is 13.5 Å². The number of fused-ring (bicyclic) bond motifs is 1. The highest BCUT2D eigenvalue weighted by Crippen LogP contribution is 2.25. The molecule has 0 radical (unpaired) electrons. The Hall–Kier alpha value is -2.45. The number of nitrogens with zero attached hydrogens (tertiary/aromatic N) is 3. The molecule has 8 heteroatoms. The molecule has 25 heavy (non-hydrogen) atoms. The molecule has 0 saturated carbocycles. The maximum atomic E-state index is 12.8. The first-order chi connectivity index (χ1) is 12.1. The van der Waals surface area contributed by atoms with E-state index in [0.29, 0.717) is 37.3 Å². The first-order valence-electron chi connectivity index (χ1n) is 8.31. The van der Waals surface area contributed by atoms with Gasteiger partial charge in [0, 0.05) is 32.4 Å². The van der Waals surface area contributed by atoms with Gasteiger partial charge in [-0.3, -0.25) is 14.3 Å². The lowest BCUT2D eigenvalue weighted by atomic mass is 10.1. The third-order valence-electron chi connectivity index (χ3n) is 4.22. The largest absolute Gasteiger partial charge is 0.506 e. The van der Waals surface area contributed by atoms with Crippen molar-refractivity contribution < 1.29 is 19.4 Å². The van der Waals surface area contributed by atoms with Gasteiger partial charge >= 0.3 is 5.97 Å². The van der Waals surface area contributed by atoms with Crippen molar-refractivity contribution in [2.24, 2.45) is 0 Å². The standard InChI is InChI=1S/C17H21N3O5/c1-2-25-17(23)13-14(21)12-4-3-5-18-15(12)20(16(13)22)7-6-19-8-10-24-11-9-19/h3-5,21H,2,6-11H2,1H3. The molecule has 3 rings (SSSR count). The Balaban J connectivity index is 2.03. The molecule has 0 aliphatic carbocycles. The number of hydrogen-bond acceptors (Lipinski definition) is 7. The third kappa shape index (κ3) is 3.49. The third-order valence-corrected chi connectivity index (χ3v) is 4.22. The first-order valence-corrected chi connectivity index (χ1v) is 8.31. The number of ether oxygens (including phenoxy) is 2. The fourth-order valence-corrected chi connectivity index (χ4v) is 2.92. The van der Waals surface area contributed by atoms with Crippen LogP contribution in [-0.2, 0) is 16.0 Å². The lowest BCUT2D eigenvalue weighted by Crippen LogP contribution is -2.40. The van der Waals surface area contributed by atoms with Crippen molar-refractivity contribution >= 4 is 17.0 Å². The van der Waals surface area contributed by atoms with Crippen molar-refractivity contribution in [3.05, 3.63) is 34.2 Å². The molecule has 134 valence electrons. The second kappa shape index (κ2) is 7.62. The molecular weight excluding hydrogens is 326 g/mol. The molecule has 0 amide bonds. The maximum Gasteiger partial charge on any atom is 0.347 e. The summed E-state index contributed by atoms with van der Waals surface area (Å²) in [4.78, 5) is 31.4. The number of rotatable bonds is 5. The normalized spacial score (nSPS) is 15.4. The summed E-state index contributed by atoms with van der Waals surface area (Å²) in [6.45, 7) is 5.67. The Bertz CT molecular complexity index is 827. The van der Waals surface area contributed by atoms with Crippen molar-refractivity contribution in [3.8, 4) is 5.75 Å². The fourth-order valence-electron chi connectivity index (χ4n) is 2.92. The fraction of sp³-hybridized carbons (Fsp3) is 0.471. The predicted molar refractivity (Wildman–Crippen MR) is 90.9 cm³/mol. The van der Waals surface area contributed by atoms with Gasteiger partial charge in [0.15, 0.2) is 5.56 Å². The molecule has 1 N–H and O–H groups in total. The van der Waals surface area contributed by atoms with Gasteiger partial charge in [-0.05, 0) is 19.1 Å². The number of esters is 1. The highest BCUT2D eigenvalue weighted by molar-refractivity contribution is 5.98. The minimum Gasteiger partial charge on any atom is -0.506 e. The zero-order valence-corrected chi connectivity index (χ0v) is 14.1. The van der Waals surface area contributed by atoms with E-state index in [0.717, 1.165) is 13.1 Å². The number of aromatic nitrogens is 2. The number of hydrogen-bond donors (Lipinski definition) is 1. The zero-order valence-electron chi connectivity index (χ0n) is 14.1. The SMILES string of the molecule is CCOC(=O)c1c(O)c2cccnc2n(CCN2CCOCC2)c1=O. The molecule has 1 aliphatic heterocycles. The summed E-state index contributed by atoms with van der Waals surface area (Å²) in [6, 6.07) is 3.28. The Labute approximate surface area is 144 Å². The highest BCUT2D eigenvalue weighted by atomic mass is 16.5. The summed E-state index contributed by atoms with van der Waals surface area (Å²) >= 11 is 0. The first kappa shape index (κ1) is 17.4. The van der Waals surface area contributed by atoms with Gasteiger partial charge in [0.25, 0.3) is 5.56 Å². The second-order valence-electron chi connectivity index (χ2n) is 5.73. The van der Waals surface area contributed by atoms with Crippen LogP contribution in [0.5, 0.6) is 5.75 Å². The van der Waals surface area contributed by atoms with E-state index in [1.807, 2.05) is 0 Å². The molecule has 1 fully saturated rings. The van der Waals surface area contributed by atoms with E-state index in [1.165, 1.54) is 4.57 Å². The van der Waals surface area contributed by atoms with Gasteiger partial charge in [-0.1, -0.05) is 0 Å². The van der Waals surface area contributed by atoms with Gasteiger partial charge < -0.3 is 14.6 Å². The van der Waals surface area contributed by atoms with Gasteiger partial charge in [0.2, 0.25) is 0 Å². The number of morpholine rings is 1. The van der Waals surface area contributed by atoms with Gasteiger partial charge in [-0.25, -0.2) is 9.78 Å². The van der Waals surface area contributed by atoms with Gasteiger partial charge in [-0.15, -0.1) is 0 Å². The topological polar surface area (TPSA) is 93.9 Å². The van der Waals surface area contributed by atoms with Crippen LogP contribution in [0.25, 0.3) is 11.0 Å². The maximum absolute atomic E-state index is 12.8. The minimum atomic E-state index is -0.823. The zero-order chi connectivity index (χ0) is 17.8. The van der Waals surface area contributed by atoms with E-state index < -0.39 is 11.5 Å². The van der Waals surface area contributed by atoms with Crippen molar-refractivity contribution in [1.29, 1.82) is 0 Å². The van der Waals surface area contributed by atoms with Crippen LogP contribution in [0, 0.1) is 0 Å². The Kier molecular flexibility index (Phi) is 5.30. The van der Waals surface area contributed by atoms with Crippen LogP contribution >= 0.6 is 0 Å². The summed E-state index contributed by atoms with van der Waals surface area (Å²) in [5, 5.41) is 10.7. The van der Waals surface area contributed by atoms with E-state index in [-0.39, 0.29) is 17.9 Å². The Morgan fingerprint density at radius 2 is 2.12 bits per heavy atom. The smallest absolute Gasteiger partial charge is 0.347 e. The number of carbonyl (C=O) groups is 1. The number of pyridine rings is 2. The van der Waals surface area contributed by atoms with Crippen LogP contribution < -0.4 is 5.56 Å². The number of aromatic hydroxyl groups is 1. The molecule has 0 aromatic carbocycles. The van der Waals surface area contributed by atoms with Gasteiger partial charge in [-0.2, -0.15) is 0 Å². The Morgan fingerprint density at radius 3 is 2.84 bits per heavy atom. The van der Waals surface area contributed by atoms with Crippen LogP contribution in [-0.4, -0.2) is 65.0 Å². The second-order valence-corrected chi connectivity index (χ2v) is 5.73. The van der Waals surface area contributed by atoms with Crippen LogP contribution in [0.1, 0.15) is 17.3 Å². The molecule has 0 atom stereocenters.